The number of benzene rings is 2. The fourth-order valence-electron chi connectivity index (χ4n) is 5.62. The van der Waals surface area contributed by atoms with Gasteiger partial charge in [-0.25, -0.2) is 0 Å². The van der Waals surface area contributed by atoms with Crippen LogP contribution in [-0.4, -0.2) is 17.5 Å². The van der Waals surface area contributed by atoms with Gasteiger partial charge < -0.3 is 9.84 Å². The maximum absolute atomic E-state index is 12.4. The molecule has 2 aromatic rings. The van der Waals surface area contributed by atoms with Gasteiger partial charge in [0.05, 0.1) is 6.61 Å². The Morgan fingerprint density at radius 2 is 1.82 bits per heavy atom. The minimum atomic E-state index is 0.0154. The number of hydrogen-bond acceptors (Lipinski definition) is 3. The topological polar surface area (TPSA) is 46.5 Å². The molecule has 0 heterocycles. The Morgan fingerprint density at radius 3 is 2.61 bits per heavy atom. The third kappa shape index (κ3) is 3.43. The maximum Gasteiger partial charge on any atom is 0.134 e. The van der Waals surface area contributed by atoms with Crippen molar-refractivity contribution >= 4 is 16.6 Å². The molecule has 3 atom stereocenters. The van der Waals surface area contributed by atoms with Crippen LogP contribution in [0.5, 0.6) is 11.5 Å². The third-order valence-electron chi connectivity index (χ3n) is 6.88. The SMILES string of the molecule is CC1=CC2C(C)(C)CC(=O)CC2(C)CC1COc1ccc2ccc(O)cc2c1. The largest absolute Gasteiger partial charge is 0.508 e. The molecule has 0 saturated heterocycles. The molecule has 0 radical (unpaired) electrons. The van der Waals surface area contributed by atoms with Crippen LogP contribution >= 0.6 is 0 Å². The first-order valence-electron chi connectivity index (χ1n) is 10.2. The van der Waals surface area contributed by atoms with E-state index in [4.69, 9.17) is 4.74 Å². The molecule has 4 rings (SSSR count). The van der Waals surface area contributed by atoms with Crippen molar-refractivity contribution in [3.63, 3.8) is 0 Å². The average molecular weight is 379 g/mol. The number of phenolic OH excluding ortho intramolecular Hbond substituents is 1. The van der Waals surface area contributed by atoms with Crippen molar-refractivity contribution in [2.45, 2.75) is 47.0 Å². The van der Waals surface area contributed by atoms with Crippen LogP contribution in [0, 0.1) is 22.7 Å². The lowest BCUT2D eigenvalue weighted by Crippen LogP contribution is -2.48. The molecule has 1 saturated carbocycles. The molecule has 3 unspecified atom stereocenters. The molecule has 0 spiro atoms. The minimum absolute atomic E-state index is 0.0154. The third-order valence-corrected chi connectivity index (χ3v) is 6.88. The Bertz CT molecular complexity index is 955. The summed E-state index contributed by atoms with van der Waals surface area (Å²) in [6.07, 6.45) is 4.77. The normalized spacial score (nSPS) is 29.3. The summed E-state index contributed by atoms with van der Waals surface area (Å²) in [4.78, 5) is 12.4. The zero-order valence-corrected chi connectivity index (χ0v) is 17.3. The van der Waals surface area contributed by atoms with E-state index in [1.54, 1.807) is 12.1 Å². The highest BCUT2D eigenvalue weighted by atomic mass is 16.5. The van der Waals surface area contributed by atoms with Crippen LogP contribution in [-0.2, 0) is 4.79 Å². The van der Waals surface area contributed by atoms with Gasteiger partial charge in [-0.3, -0.25) is 4.79 Å². The Morgan fingerprint density at radius 1 is 1.07 bits per heavy atom. The summed E-state index contributed by atoms with van der Waals surface area (Å²) >= 11 is 0. The van der Waals surface area contributed by atoms with E-state index >= 15 is 0 Å². The van der Waals surface area contributed by atoms with E-state index in [1.807, 2.05) is 24.3 Å². The van der Waals surface area contributed by atoms with Crippen LogP contribution in [0.1, 0.15) is 47.0 Å². The maximum atomic E-state index is 12.4. The number of aromatic hydroxyl groups is 1. The van der Waals surface area contributed by atoms with Crippen molar-refractivity contribution in [2.24, 2.45) is 22.7 Å². The number of ether oxygens (including phenoxy) is 1. The highest BCUT2D eigenvalue weighted by Crippen LogP contribution is 2.56. The van der Waals surface area contributed by atoms with Crippen molar-refractivity contribution in [3.05, 3.63) is 48.0 Å². The number of fused-ring (bicyclic) bond motifs is 2. The van der Waals surface area contributed by atoms with E-state index in [-0.39, 0.29) is 16.6 Å². The lowest BCUT2D eigenvalue weighted by Gasteiger charge is -2.53. The van der Waals surface area contributed by atoms with E-state index in [2.05, 4.69) is 33.8 Å². The van der Waals surface area contributed by atoms with Gasteiger partial charge in [0.2, 0.25) is 0 Å². The summed E-state index contributed by atoms with van der Waals surface area (Å²) in [6, 6.07) is 11.4. The fraction of sp³-hybridized carbons (Fsp3) is 0.480. The number of hydrogen-bond donors (Lipinski definition) is 1. The van der Waals surface area contributed by atoms with Crippen molar-refractivity contribution in [1.82, 2.24) is 0 Å². The zero-order valence-electron chi connectivity index (χ0n) is 17.3. The number of Topliss-reactive ketones (excluding diaryl/α,β-unsaturated/α-hetero) is 1. The van der Waals surface area contributed by atoms with Gasteiger partial charge in [-0.05, 0) is 65.1 Å². The summed E-state index contributed by atoms with van der Waals surface area (Å²) in [5, 5.41) is 11.8. The highest BCUT2D eigenvalue weighted by molar-refractivity contribution is 5.85. The van der Waals surface area contributed by atoms with Crippen LogP contribution in [0.3, 0.4) is 0 Å². The zero-order chi connectivity index (χ0) is 20.1. The molecular formula is C25H30O3. The lowest BCUT2D eigenvalue weighted by atomic mass is 9.51. The van der Waals surface area contributed by atoms with Gasteiger partial charge in [0.1, 0.15) is 17.3 Å². The second kappa shape index (κ2) is 6.65. The summed E-state index contributed by atoms with van der Waals surface area (Å²) in [5.41, 5.74) is 1.42. The van der Waals surface area contributed by atoms with Crippen LogP contribution in [0.4, 0.5) is 0 Å². The molecular weight excluding hydrogens is 348 g/mol. The fourth-order valence-corrected chi connectivity index (χ4v) is 5.62. The van der Waals surface area contributed by atoms with Gasteiger partial charge in [-0.2, -0.15) is 0 Å². The Balaban J connectivity index is 1.53. The van der Waals surface area contributed by atoms with Crippen molar-refractivity contribution in [3.8, 4) is 11.5 Å². The summed E-state index contributed by atoms with van der Waals surface area (Å²) in [5.74, 6) is 2.24. The number of rotatable bonds is 3. The number of carbonyl (C=O) groups excluding carboxylic acids is 1. The molecule has 148 valence electrons. The average Bonchev–Trinajstić information content (AvgIpc) is 2.60. The number of carbonyl (C=O) groups is 1. The summed E-state index contributed by atoms with van der Waals surface area (Å²) < 4.78 is 6.16. The molecule has 2 aliphatic rings. The van der Waals surface area contributed by atoms with Crippen LogP contribution in [0.2, 0.25) is 0 Å². The van der Waals surface area contributed by atoms with E-state index in [0.717, 1.165) is 22.9 Å². The monoisotopic (exact) mass is 378 g/mol. The second-order valence-corrected chi connectivity index (χ2v) is 9.83. The molecule has 1 fully saturated rings. The van der Waals surface area contributed by atoms with Gasteiger partial charge >= 0.3 is 0 Å². The number of phenols is 1. The summed E-state index contributed by atoms with van der Waals surface area (Å²) in [6.45, 7) is 9.57. The van der Waals surface area contributed by atoms with Crippen molar-refractivity contribution in [2.75, 3.05) is 6.61 Å². The molecule has 0 aromatic heterocycles. The van der Waals surface area contributed by atoms with E-state index < -0.39 is 0 Å². The predicted octanol–water partition coefficient (Wildman–Crippen LogP) is 5.90. The number of ketones is 1. The first-order valence-corrected chi connectivity index (χ1v) is 10.2. The number of allylic oxidation sites excluding steroid dienone is 1. The molecule has 1 N–H and O–H groups in total. The Labute approximate surface area is 167 Å². The van der Waals surface area contributed by atoms with E-state index in [9.17, 15) is 9.90 Å². The first-order chi connectivity index (χ1) is 13.2. The Hall–Kier alpha value is -2.29. The van der Waals surface area contributed by atoms with E-state index in [1.165, 1.54) is 5.57 Å². The lowest BCUT2D eigenvalue weighted by molar-refractivity contribution is -0.132. The second-order valence-electron chi connectivity index (χ2n) is 9.83. The quantitative estimate of drug-likeness (QED) is 0.676. The molecule has 0 aliphatic heterocycles. The predicted molar refractivity (Wildman–Crippen MR) is 113 cm³/mol. The molecule has 3 heteroatoms. The summed E-state index contributed by atoms with van der Waals surface area (Å²) in [7, 11) is 0. The Kier molecular flexibility index (Phi) is 4.52. The highest BCUT2D eigenvalue weighted by Gasteiger charge is 2.51. The molecule has 2 aliphatic carbocycles. The van der Waals surface area contributed by atoms with Crippen LogP contribution < -0.4 is 4.74 Å². The minimum Gasteiger partial charge on any atom is -0.508 e. The van der Waals surface area contributed by atoms with Gasteiger partial charge in [-0.15, -0.1) is 0 Å². The van der Waals surface area contributed by atoms with Gasteiger partial charge in [-0.1, -0.05) is 44.6 Å². The molecule has 3 nitrogen and oxygen atoms in total. The van der Waals surface area contributed by atoms with E-state index in [0.29, 0.717) is 37.1 Å². The van der Waals surface area contributed by atoms with Gasteiger partial charge in [0, 0.05) is 18.8 Å². The molecule has 0 amide bonds. The standard InChI is InChI=1S/C25H30O3/c1-16-9-23-24(2,3)13-21(27)14-25(23,4)12-19(16)15-28-22-8-6-17-5-7-20(26)10-18(17)11-22/h5-11,19,23,26H,12-15H2,1-4H3. The molecule has 0 bridgehead atoms. The van der Waals surface area contributed by atoms with Crippen molar-refractivity contribution in [1.29, 1.82) is 0 Å². The smallest absolute Gasteiger partial charge is 0.134 e. The molecule has 2 aromatic carbocycles. The van der Waals surface area contributed by atoms with Crippen LogP contribution in [0.15, 0.2) is 48.0 Å². The first kappa shape index (κ1) is 19.0. The van der Waals surface area contributed by atoms with Crippen molar-refractivity contribution < 1.29 is 14.6 Å². The molecule has 28 heavy (non-hydrogen) atoms. The van der Waals surface area contributed by atoms with Crippen LogP contribution in [0.25, 0.3) is 10.8 Å². The van der Waals surface area contributed by atoms with Gasteiger partial charge in [0.25, 0.3) is 0 Å². The van der Waals surface area contributed by atoms with Gasteiger partial charge in [0.15, 0.2) is 0 Å².